The zero-order chi connectivity index (χ0) is 20.4. The van der Waals surface area contributed by atoms with Gasteiger partial charge in [0, 0.05) is 30.3 Å². The number of fused-ring (bicyclic) bond motifs is 3. The van der Waals surface area contributed by atoms with E-state index in [1.54, 1.807) is 18.2 Å². The Morgan fingerprint density at radius 2 is 2.17 bits per heavy atom. The molecule has 2 aliphatic heterocycles. The molecule has 2 aromatic rings. The third-order valence-corrected chi connectivity index (χ3v) is 5.26. The van der Waals surface area contributed by atoms with Crippen LogP contribution in [0.4, 0.5) is 14.6 Å². The van der Waals surface area contributed by atoms with Crippen molar-refractivity contribution in [3.63, 3.8) is 0 Å². The van der Waals surface area contributed by atoms with Crippen LogP contribution < -0.4 is 15.5 Å². The Hall–Kier alpha value is -2.45. The van der Waals surface area contributed by atoms with Crippen molar-refractivity contribution in [2.45, 2.75) is 32.4 Å². The number of aromatic nitrogens is 1. The molecule has 1 N–H and O–H groups in total. The van der Waals surface area contributed by atoms with Gasteiger partial charge in [-0.15, -0.1) is 0 Å². The number of halogens is 2. The van der Waals surface area contributed by atoms with Crippen LogP contribution in [0.25, 0.3) is 11.3 Å². The van der Waals surface area contributed by atoms with Gasteiger partial charge in [-0.3, -0.25) is 4.79 Å². The lowest BCUT2D eigenvalue weighted by Gasteiger charge is -2.29. The molecule has 0 radical (unpaired) electrons. The molecule has 1 saturated heterocycles. The van der Waals surface area contributed by atoms with Gasteiger partial charge in [-0.1, -0.05) is 0 Å². The van der Waals surface area contributed by atoms with Gasteiger partial charge in [0.2, 0.25) is 0 Å². The normalized spacial score (nSPS) is 18.3. The smallest absolute Gasteiger partial charge is 0.272 e. The predicted molar refractivity (Wildman–Crippen MR) is 105 cm³/mol. The molecule has 0 spiro atoms. The van der Waals surface area contributed by atoms with E-state index in [9.17, 15) is 13.6 Å². The first-order chi connectivity index (χ1) is 14.0. The van der Waals surface area contributed by atoms with Crippen LogP contribution in [0.5, 0.6) is 5.75 Å². The molecule has 0 amide bonds. The maximum absolute atomic E-state index is 12.6. The van der Waals surface area contributed by atoms with Gasteiger partial charge in [-0.25, -0.2) is 8.78 Å². The average molecular weight is 406 g/mol. The minimum Gasteiger partial charge on any atom is -0.488 e. The lowest BCUT2D eigenvalue weighted by Crippen LogP contribution is -2.35. The highest BCUT2D eigenvalue weighted by molar-refractivity contribution is 5.72. The van der Waals surface area contributed by atoms with Gasteiger partial charge in [0.15, 0.2) is 5.43 Å². The molecular weight excluding hydrogens is 382 g/mol. The summed E-state index contributed by atoms with van der Waals surface area (Å²) in [7, 11) is 0. The van der Waals surface area contributed by atoms with E-state index in [2.05, 4.69) is 9.88 Å². The van der Waals surface area contributed by atoms with Crippen LogP contribution in [0.1, 0.15) is 11.1 Å². The van der Waals surface area contributed by atoms with Crippen LogP contribution in [-0.2, 0) is 22.4 Å². The summed E-state index contributed by atoms with van der Waals surface area (Å²) in [5, 5.41) is 3.34. The van der Waals surface area contributed by atoms with Gasteiger partial charge < -0.3 is 24.1 Å². The van der Waals surface area contributed by atoms with Crippen molar-refractivity contribution in [2.24, 2.45) is 0 Å². The second kappa shape index (κ2) is 8.51. The molecule has 0 saturated carbocycles. The van der Waals surface area contributed by atoms with Crippen molar-refractivity contribution in [1.82, 2.24) is 4.57 Å². The molecular formula is C21H24F2N2O4. The summed E-state index contributed by atoms with van der Waals surface area (Å²) < 4.78 is 43.2. The van der Waals surface area contributed by atoms with Crippen molar-refractivity contribution in [3.05, 3.63) is 45.6 Å². The highest BCUT2D eigenvalue weighted by Gasteiger charge is 2.23. The summed E-state index contributed by atoms with van der Waals surface area (Å²) >= 11 is 0. The number of hydrogen-bond donors (Lipinski definition) is 1. The minimum absolute atomic E-state index is 0.0505. The van der Waals surface area contributed by atoms with E-state index in [1.165, 1.54) is 0 Å². The number of benzene rings is 1. The summed E-state index contributed by atoms with van der Waals surface area (Å²) in [6, 6.07) is 6.93. The minimum atomic E-state index is -2.51. The van der Waals surface area contributed by atoms with Crippen molar-refractivity contribution >= 4 is 5.82 Å². The van der Waals surface area contributed by atoms with Crippen LogP contribution in [-0.4, -0.2) is 50.1 Å². The second-order valence-corrected chi connectivity index (χ2v) is 7.24. The van der Waals surface area contributed by atoms with Gasteiger partial charge in [-0.2, -0.15) is 0 Å². The summed E-state index contributed by atoms with van der Waals surface area (Å²) in [6.45, 7) is 4.11. The number of aryl methyl sites for hydroxylation is 1. The van der Waals surface area contributed by atoms with Gasteiger partial charge in [-0.05, 0) is 37.1 Å². The highest BCUT2D eigenvalue weighted by Crippen LogP contribution is 2.35. The standard InChI is InChI=1S/C21H24F2N2O4/c1-13-18(26)9-20(24-10-16-11-27-6-7-28-16)25-5-4-14-8-15(29-12-19(22)23)2-3-17(14)21(13)25/h2-3,8-9,16,19,24H,4-7,10-12H2,1H3. The quantitative estimate of drug-likeness (QED) is 0.800. The van der Waals surface area contributed by atoms with E-state index in [0.717, 1.165) is 22.6 Å². The first-order valence-corrected chi connectivity index (χ1v) is 9.75. The molecule has 2 aliphatic rings. The second-order valence-electron chi connectivity index (χ2n) is 7.24. The van der Waals surface area contributed by atoms with Crippen LogP contribution in [0.2, 0.25) is 0 Å². The molecule has 0 aliphatic carbocycles. The number of rotatable bonds is 6. The predicted octanol–water partition coefficient (Wildman–Crippen LogP) is 2.85. The Balaban J connectivity index is 1.63. The monoisotopic (exact) mass is 406 g/mol. The van der Waals surface area contributed by atoms with Crippen molar-refractivity contribution in [1.29, 1.82) is 0 Å². The number of nitrogens with one attached hydrogen (secondary N) is 1. The molecule has 1 aromatic heterocycles. The third-order valence-electron chi connectivity index (χ3n) is 5.26. The van der Waals surface area contributed by atoms with Crippen molar-refractivity contribution in [2.75, 3.05) is 38.3 Å². The van der Waals surface area contributed by atoms with E-state index < -0.39 is 13.0 Å². The van der Waals surface area contributed by atoms with E-state index >= 15 is 0 Å². The summed E-state index contributed by atoms with van der Waals surface area (Å²) in [5.41, 5.74) is 3.37. The fraction of sp³-hybridized carbons (Fsp3) is 0.476. The molecule has 29 heavy (non-hydrogen) atoms. The number of pyridine rings is 1. The Bertz CT molecular complexity index is 939. The first-order valence-electron chi connectivity index (χ1n) is 9.75. The molecule has 8 heteroatoms. The number of hydrogen-bond acceptors (Lipinski definition) is 5. The van der Waals surface area contributed by atoms with Crippen molar-refractivity contribution < 1.29 is 23.0 Å². The van der Waals surface area contributed by atoms with Gasteiger partial charge in [0.1, 0.15) is 18.2 Å². The SMILES string of the molecule is Cc1c2n(c(NCC3COCCO3)cc1=O)CCc1cc(OCC(F)F)ccc1-2. The van der Waals surface area contributed by atoms with E-state index in [-0.39, 0.29) is 11.5 Å². The summed E-state index contributed by atoms with van der Waals surface area (Å²) in [5.74, 6) is 1.16. The molecule has 1 aromatic carbocycles. The topological polar surface area (TPSA) is 61.7 Å². The third kappa shape index (κ3) is 4.28. The Kier molecular flexibility index (Phi) is 5.82. The first kappa shape index (κ1) is 19.8. The average Bonchev–Trinajstić information content (AvgIpc) is 2.73. The zero-order valence-corrected chi connectivity index (χ0v) is 16.2. The van der Waals surface area contributed by atoms with Crippen LogP contribution >= 0.6 is 0 Å². The summed E-state index contributed by atoms with van der Waals surface area (Å²) in [6.07, 6.45) is -1.85. The lowest BCUT2D eigenvalue weighted by atomic mass is 9.94. The molecule has 1 unspecified atom stereocenters. The van der Waals surface area contributed by atoms with Crippen LogP contribution in [0.15, 0.2) is 29.1 Å². The highest BCUT2D eigenvalue weighted by atomic mass is 19.3. The molecule has 156 valence electrons. The maximum atomic E-state index is 12.6. The molecule has 4 rings (SSSR count). The Morgan fingerprint density at radius 1 is 1.31 bits per heavy atom. The van der Waals surface area contributed by atoms with E-state index in [4.69, 9.17) is 14.2 Å². The molecule has 3 heterocycles. The fourth-order valence-corrected chi connectivity index (χ4v) is 3.84. The van der Waals surface area contributed by atoms with Crippen molar-refractivity contribution in [3.8, 4) is 17.0 Å². The number of anilines is 1. The molecule has 0 bridgehead atoms. The number of alkyl halides is 2. The van der Waals surface area contributed by atoms with Gasteiger partial charge in [0.25, 0.3) is 6.43 Å². The van der Waals surface area contributed by atoms with Crippen LogP contribution in [0.3, 0.4) is 0 Å². The maximum Gasteiger partial charge on any atom is 0.272 e. The summed E-state index contributed by atoms with van der Waals surface area (Å²) in [4.78, 5) is 12.6. The lowest BCUT2D eigenvalue weighted by molar-refractivity contribution is -0.0819. The fourth-order valence-electron chi connectivity index (χ4n) is 3.84. The van der Waals surface area contributed by atoms with E-state index in [1.807, 2.05) is 13.0 Å². The molecule has 6 nitrogen and oxygen atoms in total. The van der Waals surface area contributed by atoms with Crippen LogP contribution in [0, 0.1) is 6.92 Å². The number of ether oxygens (including phenoxy) is 3. The van der Waals surface area contributed by atoms with Gasteiger partial charge in [0.05, 0.1) is 31.6 Å². The molecule has 1 fully saturated rings. The zero-order valence-electron chi connectivity index (χ0n) is 16.2. The van der Waals surface area contributed by atoms with E-state index in [0.29, 0.717) is 50.6 Å². The Morgan fingerprint density at radius 3 is 2.93 bits per heavy atom. The Labute approximate surface area is 167 Å². The van der Waals surface area contributed by atoms with Gasteiger partial charge >= 0.3 is 0 Å². The largest absolute Gasteiger partial charge is 0.488 e. The molecule has 1 atom stereocenters. The number of nitrogens with zero attached hydrogens (tertiary/aromatic N) is 1.